The van der Waals surface area contributed by atoms with Crippen molar-refractivity contribution in [2.75, 3.05) is 13.2 Å². The normalized spacial score (nSPS) is 11.9. The van der Waals surface area contributed by atoms with E-state index in [1.165, 1.54) is 12.1 Å². The average Bonchev–Trinajstić information content (AvgIpc) is 3.04. The second-order valence-electron chi connectivity index (χ2n) is 6.08. The van der Waals surface area contributed by atoms with Gasteiger partial charge in [0.1, 0.15) is 5.75 Å². The first-order valence-corrected chi connectivity index (χ1v) is 8.26. The van der Waals surface area contributed by atoms with Crippen LogP contribution in [0.25, 0.3) is 10.9 Å². The monoisotopic (exact) mass is 384 g/mol. The summed E-state index contributed by atoms with van der Waals surface area (Å²) in [6.45, 7) is -0.338. The minimum atomic E-state index is -4.38. The van der Waals surface area contributed by atoms with Crippen molar-refractivity contribution >= 4 is 10.9 Å². The number of H-pyrrole nitrogens is 1. The fourth-order valence-electron chi connectivity index (χ4n) is 2.77. The lowest BCUT2D eigenvalue weighted by Crippen LogP contribution is -2.19. The summed E-state index contributed by atoms with van der Waals surface area (Å²) in [6, 6.07) is 9.03. The molecular formula is C19H17F5N2O. The number of hydrogen-bond donors (Lipinski definition) is 2. The van der Waals surface area contributed by atoms with E-state index in [2.05, 4.69) is 10.3 Å². The fourth-order valence-corrected chi connectivity index (χ4v) is 2.77. The summed E-state index contributed by atoms with van der Waals surface area (Å²) in [6.07, 6.45) is -2.16. The van der Waals surface area contributed by atoms with Crippen LogP contribution in [0.1, 0.15) is 11.1 Å². The maximum Gasteiger partial charge on any atom is 0.422 e. The van der Waals surface area contributed by atoms with Crippen LogP contribution in [0.2, 0.25) is 0 Å². The predicted molar refractivity (Wildman–Crippen MR) is 91.6 cm³/mol. The molecule has 0 saturated heterocycles. The summed E-state index contributed by atoms with van der Waals surface area (Å²) in [5.41, 5.74) is 1.76. The van der Waals surface area contributed by atoms with Crippen molar-refractivity contribution in [2.24, 2.45) is 0 Å². The van der Waals surface area contributed by atoms with Gasteiger partial charge in [-0.05, 0) is 48.4 Å². The number of aromatic nitrogens is 1. The number of rotatable bonds is 7. The van der Waals surface area contributed by atoms with Gasteiger partial charge in [-0.25, -0.2) is 8.78 Å². The molecule has 8 heteroatoms. The maximum atomic E-state index is 13.7. The Morgan fingerprint density at radius 1 is 1.07 bits per heavy atom. The molecule has 144 valence electrons. The molecule has 0 unspecified atom stereocenters. The third kappa shape index (κ3) is 4.97. The molecular weight excluding hydrogens is 367 g/mol. The first-order chi connectivity index (χ1) is 12.8. The highest BCUT2D eigenvalue weighted by Gasteiger charge is 2.28. The first kappa shape index (κ1) is 19.2. The van der Waals surface area contributed by atoms with Crippen LogP contribution in [0.4, 0.5) is 22.0 Å². The van der Waals surface area contributed by atoms with Crippen LogP contribution in [0.5, 0.6) is 5.75 Å². The standard InChI is InChI=1S/C19H17F5N2O/c20-16-5-4-15-13(10-26-18(15)17(16)21)6-7-25-9-12-2-1-3-14(8-12)27-11-19(22,23)24/h1-5,8,10,25-26H,6-7,9,11H2. The van der Waals surface area contributed by atoms with Crippen LogP contribution in [0.3, 0.4) is 0 Å². The molecule has 0 spiro atoms. The molecule has 0 aliphatic carbocycles. The van der Waals surface area contributed by atoms with E-state index >= 15 is 0 Å². The van der Waals surface area contributed by atoms with E-state index in [-0.39, 0.29) is 11.3 Å². The number of fused-ring (bicyclic) bond motifs is 1. The average molecular weight is 384 g/mol. The number of benzene rings is 2. The zero-order valence-corrected chi connectivity index (χ0v) is 14.2. The van der Waals surface area contributed by atoms with Crippen molar-refractivity contribution in [3.8, 4) is 5.75 Å². The molecule has 0 atom stereocenters. The van der Waals surface area contributed by atoms with E-state index in [1.54, 1.807) is 24.4 Å². The van der Waals surface area contributed by atoms with Gasteiger partial charge in [-0.1, -0.05) is 12.1 Å². The maximum absolute atomic E-state index is 13.7. The van der Waals surface area contributed by atoms with Gasteiger partial charge in [0.2, 0.25) is 0 Å². The van der Waals surface area contributed by atoms with E-state index in [0.29, 0.717) is 24.9 Å². The van der Waals surface area contributed by atoms with Crippen LogP contribution in [0.15, 0.2) is 42.6 Å². The zero-order chi connectivity index (χ0) is 19.4. The Labute approximate surface area is 152 Å². The molecule has 3 rings (SSSR count). The molecule has 27 heavy (non-hydrogen) atoms. The number of halogens is 5. The summed E-state index contributed by atoms with van der Waals surface area (Å²) in [5, 5.41) is 3.79. The van der Waals surface area contributed by atoms with Gasteiger partial charge in [-0.3, -0.25) is 0 Å². The topological polar surface area (TPSA) is 37.0 Å². The molecule has 0 fully saturated rings. The van der Waals surface area contributed by atoms with Crippen molar-refractivity contribution < 1.29 is 26.7 Å². The Hall–Kier alpha value is -2.61. The smallest absolute Gasteiger partial charge is 0.422 e. The summed E-state index contributed by atoms with van der Waals surface area (Å²) >= 11 is 0. The van der Waals surface area contributed by atoms with Crippen molar-refractivity contribution in [3.05, 3.63) is 65.4 Å². The number of ether oxygens (including phenoxy) is 1. The molecule has 2 aromatic carbocycles. The minimum Gasteiger partial charge on any atom is -0.484 e. The van der Waals surface area contributed by atoms with Crippen molar-refractivity contribution in [2.45, 2.75) is 19.1 Å². The third-order valence-corrected chi connectivity index (χ3v) is 4.03. The largest absolute Gasteiger partial charge is 0.484 e. The van der Waals surface area contributed by atoms with E-state index in [4.69, 9.17) is 4.74 Å². The fraction of sp³-hybridized carbons (Fsp3) is 0.263. The van der Waals surface area contributed by atoms with Gasteiger partial charge in [-0.15, -0.1) is 0 Å². The number of alkyl halides is 3. The molecule has 1 heterocycles. The number of nitrogens with one attached hydrogen (secondary N) is 2. The van der Waals surface area contributed by atoms with Gasteiger partial charge in [0, 0.05) is 18.1 Å². The van der Waals surface area contributed by atoms with Gasteiger partial charge >= 0.3 is 6.18 Å². The predicted octanol–water partition coefficient (Wildman–Crippen LogP) is 4.72. The molecule has 0 aliphatic rings. The molecule has 0 amide bonds. The molecule has 0 bridgehead atoms. The third-order valence-electron chi connectivity index (χ3n) is 4.03. The van der Waals surface area contributed by atoms with Crippen molar-refractivity contribution in [1.29, 1.82) is 0 Å². The molecule has 3 aromatic rings. The Kier molecular flexibility index (Phi) is 5.65. The number of aromatic amines is 1. The highest BCUT2D eigenvalue weighted by Crippen LogP contribution is 2.23. The molecule has 0 saturated carbocycles. The highest BCUT2D eigenvalue weighted by molar-refractivity contribution is 5.83. The second kappa shape index (κ2) is 7.96. The lowest BCUT2D eigenvalue weighted by atomic mass is 10.1. The van der Waals surface area contributed by atoms with Crippen molar-refractivity contribution in [3.63, 3.8) is 0 Å². The van der Waals surface area contributed by atoms with Gasteiger partial charge in [0.15, 0.2) is 18.2 Å². The van der Waals surface area contributed by atoms with Crippen LogP contribution in [0, 0.1) is 11.6 Å². The Bertz CT molecular complexity index is 920. The first-order valence-electron chi connectivity index (χ1n) is 8.26. The van der Waals surface area contributed by atoms with Gasteiger partial charge in [0.05, 0.1) is 5.52 Å². The van der Waals surface area contributed by atoms with E-state index in [0.717, 1.165) is 17.2 Å². The van der Waals surface area contributed by atoms with Gasteiger partial charge in [-0.2, -0.15) is 13.2 Å². The minimum absolute atomic E-state index is 0.138. The molecule has 0 radical (unpaired) electrons. The Morgan fingerprint density at radius 3 is 2.67 bits per heavy atom. The van der Waals surface area contributed by atoms with Crippen LogP contribution in [-0.2, 0) is 13.0 Å². The van der Waals surface area contributed by atoms with Crippen LogP contribution in [-0.4, -0.2) is 24.3 Å². The summed E-state index contributed by atoms with van der Waals surface area (Å²) in [5.74, 6) is -1.65. The Balaban J connectivity index is 1.53. The lowest BCUT2D eigenvalue weighted by Gasteiger charge is -2.10. The van der Waals surface area contributed by atoms with Crippen LogP contribution < -0.4 is 10.1 Å². The zero-order valence-electron chi connectivity index (χ0n) is 14.2. The van der Waals surface area contributed by atoms with E-state index in [1.807, 2.05) is 0 Å². The molecule has 0 aliphatic heterocycles. The quantitative estimate of drug-likeness (QED) is 0.457. The SMILES string of the molecule is Fc1ccc2c(CCNCc3cccc(OCC(F)(F)F)c3)c[nH]c2c1F. The van der Waals surface area contributed by atoms with Gasteiger partial charge < -0.3 is 15.0 Å². The van der Waals surface area contributed by atoms with E-state index < -0.39 is 24.4 Å². The summed E-state index contributed by atoms with van der Waals surface area (Å²) in [7, 11) is 0. The summed E-state index contributed by atoms with van der Waals surface area (Å²) in [4.78, 5) is 2.74. The highest BCUT2D eigenvalue weighted by atomic mass is 19.4. The molecule has 2 N–H and O–H groups in total. The number of hydrogen-bond acceptors (Lipinski definition) is 2. The molecule has 1 aromatic heterocycles. The van der Waals surface area contributed by atoms with Crippen molar-refractivity contribution in [1.82, 2.24) is 10.3 Å². The van der Waals surface area contributed by atoms with Gasteiger partial charge in [0.25, 0.3) is 0 Å². The second-order valence-corrected chi connectivity index (χ2v) is 6.08. The Morgan fingerprint density at radius 2 is 1.89 bits per heavy atom. The summed E-state index contributed by atoms with van der Waals surface area (Å²) < 4.78 is 68.2. The molecule has 3 nitrogen and oxygen atoms in total. The van der Waals surface area contributed by atoms with Crippen LogP contribution >= 0.6 is 0 Å². The lowest BCUT2D eigenvalue weighted by molar-refractivity contribution is -0.153. The van der Waals surface area contributed by atoms with E-state index in [9.17, 15) is 22.0 Å².